The molecule has 3 heterocycles. The number of carbonyl (C=O) groups is 2. The van der Waals surface area contributed by atoms with Gasteiger partial charge in [-0.3, -0.25) is 19.5 Å². The van der Waals surface area contributed by atoms with Crippen molar-refractivity contribution < 1.29 is 22.5 Å². The summed E-state index contributed by atoms with van der Waals surface area (Å²) in [5.74, 6) is -1.15. The summed E-state index contributed by atoms with van der Waals surface area (Å²) in [6.07, 6.45) is 2.59. The molecule has 1 atom stereocenters. The Balaban J connectivity index is 1.73. The van der Waals surface area contributed by atoms with Gasteiger partial charge in [-0.05, 0) is 30.7 Å². The van der Waals surface area contributed by atoms with Gasteiger partial charge in [-0.1, -0.05) is 23.4 Å². The summed E-state index contributed by atoms with van der Waals surface area (Å²) in [5.41, 5.74) is 0.962. The van der Waals surface area contributed by atoms with Crippen molar-refractivity contribution in [3.05, 3.63) is 65.7 Å². The normalized spacial score (nSPS) is 14.9. The number of aromatic nitrogens is 3. The second-order valence-electron chi connectivity index (χ2n) is 6.63. The van der Waals surface area contributed by atoms with Crippen LogP contribution >= 0.6 is 0 Å². The first-order valence-electron chi connectivity index (χ1n) is 8.75. The fourth-order valence-electron chi connectivity index (χ4n) is 3.15. The lowest BCUT2D eigenvalue weighted by Gasteiger charge is -2.22. The summed E-state index contributed by atoms with van der Waals surface area (Å²) in [4.78, 5) is 35.2. The number of hydrogen-bond donors (Lipinski definition) is 0. The van der Waals surface area contributed by atoms with Gasteiger partial charge >= 0.3 is 0 Å². The number of pyridine rings is 1. The third kappa shape index (κ3) is 3.66. The summed E-state index contributed by atoms with van der Waals surface area (Å²) in [6, 6.07) is 10.6. The largest absolute Gasteiger partial charge is 0.337 e. The van der Waals surface area contributed by atoms with Crippen molar-refractivity contribution in [2.75, 3.05) is 12.0 Å². The molecule has 2 amide bonds. The van der Waals surface area contributed by atoms with Gasteiger partial charge in [0.2, 0.25) is 11.7 Å². The van der Waals surface area contributed by atoms with Gasteiger partial charge in [0.1, 0.15) is 21.6 Å². The molecule has 1 aliphatic rings. The molecule has 0 saturated carbocycles. The van der Waals surface area contributed by atoms with Crippen molar-refractivity contribution in [2.45, 2.75) is 12.5 Å². The standard InChI is InChI=1S/C19H16N4O5S/c1-29(26,27)11-9-15(17-21-16(22-28-17)14-8-4-5-10-20-14)23-18(24)12-6-2-3-7-13(12)19(23)25/h2-8,10,15H,9,11H2,1H3. The lowest BCUT2D eigenvalue weighted by atomic mass is 10.1. The van der Waals surface area contributed by atoms with Crippen LogP contribution in [0.1, 0.15) is 39.1 Å². The third-order valence-electron chi connectivity index (χ3n) is 4.52. The molecule has 1 unspecified atom stereocenters. The number of carbonyl (C=O) groups excluding carboxylic acids is 2. The van der Waals surface area contributed by atoms with Crippen LogP contribution in [0.3, 0.4) is 0 Å². The zero-order valence-corrected chi connectivity index (χ0v) is 16.2. The summed E-state index contributed by atoms with van der Waals surface area (Å²) < 4.78 is 28.8. The molecule has 0 N–H and O–H groups in total. The van der Waals surface area contributed by atoms with Crippen LogP contribution in [-0.4, -0.2) is 52.3 Å². The van der Waals surface area contributed by atoms with E-state index in [0.29, 0.717) is 5.69 Å². The Morgan fingerprint density at radius 1 is 1.03 bits per heavy atom. The maximum Gasteiger partial charge on any atom is 0.262 e. The van der Waals surface area contributed by atoms with E-state index in [2.05, 4.69) is 15.1 Å². The van der Waals surface area contributed by atoms with E-state index in [1.807, 2.05) is 0 Å². The Kier molecular flexibility index (Phi) is 4.71. The van der Waals surface area contributed by atoms with Gasteiger partial charge in [0, 0.05) is 12.5 Å². The summed E-state index contributed by atoms with van der Waals surface area (Å²) in [6.45, 7) is 0. The molecule has 2 aromatic heterocycles. The molecule has 0 bridgehead atoms. The Bertz CT molecular complexity index is 1160. The molecule has 0 spiro atoms. The minimum absolute atomic E-state index is 0.0243. The van der Waals surface area contributed by atoms with Gasteiger partial charge in [-0.25, -0.2) is 8.42 Å². The minimum atomic E-state index is -3.36. The molecule has 0 aliphatic carbocycles. The molecule has 1 aromatic carbocycles. The van der Waals surface area contributed by atoms with Crippen molar-refractivity contribution in [2.24, 2.45) is 0 Å². The Morgan fingerprint density at radius 2 is 1.69 bits per heavy atom. The van der Waals surface area contributed by atoms with E-state index in [9.17, 15) is 18.0 Å². The maximum atomic E-state index is 12.9. The molecule has 0 saturated heterocycles. The zero-order chi connectivity index (χ0) is 20.6. The van der Waals surface area contributed by atoms with E-state index in [4.69, 9.17) is 4.52 Å². The van der Waals surface area contributed by atoms with Crippen LogP contribution in [0.5, 0.6) is 0 Å². The molecule has 3 aromatic rings. The minimum Gasteiger partial charge on any atom is -0.337 e. The average molecular weight is 412 g/mol. The van der Waals surface area contributed by atoms with E-state index in [0.717, 1.165) is 11.2 Å². The van der Waals surface area contributed by atoms with Gasteiger partial charge in [0.15, 0.2) is 0 Å². The summed E-state index contributed by atoms with van der Waals surface area (Å²) in [7, 11) is -3.36. The van der Waals surface area contributed by atoms with Crippen LogP contribution in [0, 0.1) is 0 Å². The number of nitrogens with zero attached hydrogens (tertiary/aromatic N) is 4. The van der Waals surface area contributed by atoms with Crippen molar-refractivity contribution in [3.8, 4) is 11.5 Å². The van der Waals surface area contributed by atoms with Crippen LogP contribution in [-0.2, 0) is 9.84 Å². The van der Waals surface area contributed by atoms with E-state index in [1.54, 1.807) is 48.7 Å². The quantitative estimate of drug-likeness (QED) is 0.563. The highest BCUT2D eigenvalue weighted by Crippen LogP contribution is 2.33. The Hall–Kier alpha value is -3.40. The first kappa shape index (κ1) is 18.9. The van der Waals surface area contributed by atoms with Crippen LogP contribution in [0.4, 0.5) is 0 Å². The highest BCUT2D eigenvalue weighted by Gasteiger charge is 2.42. The molecular formula is C19H16N4O5S. The fourth-order valence-corrected chi connectivity index (χ4v) is 3.80. The monoisotopic (exact) mass is 412 g/mol. The topological polar surface area (TPSA) is 123 Å². The predicted molar refractivity (Wildman–Crippen MR) is 102 cm³/mol. The maximum absolute atomic E-state index is 12.9. The number of rotatable bonds is 6. The average Bonchev–Trinajstić information content (AvgIpc) is 3.28. The van der Waals surface area contributed by atoms with Gasteiger partial charge in [0.05, 0.1) is 16.9 Å². The highest BCUT2D eigenvalue weighted by molar-refractivity contribution is 7.90. The van der Waals surface area contributed by atoms with Gasteiger partial charge < -0.3 is 4.52 Å². The summed E-state index contributed by atoms with van der Waals surface area (Å²) >= 11 is 0. The first-order valence-corrected chi connectivity index (χ1v) is 10.8. The molecule has 0 fully saturated rings. The molecule has 10 heteroatoms. The molecule has 0 radical (unpaired) electrons. The Labute approximate surface area is 166 Å². The van der Waals surface area contributed by atoms with E-state index in [1.165, 1.54) is 0 Å². The number of hydrogen-bond acceptors (Lipinski definition) is 8. The van der Waals surface area contributed by atoms with E-state index < -0.39 is 27.7 Å². The summed E-state index contributed by atoms with van der Waals surface area (Å²) in [5, 5.41) is 3.88. The third-order valence-corrected chi connectivity index (χ3v) is 5.50. The van der Waals surface area contributed by atoms with Crippen LogP contribution in [0.15, 0.2) is 53.2 Å². The fraction of sp³-hybridized carbons (Fsp3) is 0.211. The zero-order valence-electron chi connectivity index (χ0n) is 15.3. The van der Waals surface area contributed by atoms with E-state index in [-0.39, 0.29) is 35.0 Å². The number of imide groups is 1. The predicted octanol–water partition coefficient (Wildman–Crippen LogP) is 1.90. The van der Waals surface area contributed by atoms with Gasteiger partial charge in [0.25, 0.3) is 11.8 Å². The number of benzene rings is 1. The van der Waals surface area contributed by atoms with Gasteiger partial charge in [-0.15, -0.1) is 0 Å². The Morgan fingerprint density at radius 3 is 2.28 bits per heavy atom. The molecule has 4 rings (SSSR count). The lowest BCUT2D eigenvalue weighted by Crippen LogP contribution is -2.35. The van der Waals surface area contributed by atoms with Crippen molar-refractivity contribution >= 4 is 21.7 Å². The smallest absolute Gasteiger partial charge is 0.262 e. The number of sulfone groups is 1. The molecule has 1 aliphatic heterocycles. The SMILES string of the molecule is CS(=O)(=O)CCC(c1nc(-c2ccccn2)no1)N1C(=O)c2ccccc2C1=O. The lowest BCUT2D eigenvalue weighted by molar-refractivity contribution is 0.0547. The van der Waals surface area contributed by atoms with Crippen molar-refractivity contribution in [3.63, 3.8) is 0 Å². The van der Waals surface area contributed by atoms with Crippen molar-refractivity contribution in [1.82, 2.24) is 20.0 Å². The van der Waals surface area contributed by atoms with Gasteiger partial charge in [-0.2, -0.15) is 4.98 Å². The number of amides is 2. The molecule has 9 nitrogen and oxygen atoms in total. The number of fused-ring (bicyclic) bond motifs is 1. The van der Waals surface area contributed by atoms with E-state index >= 15 is 0 Å². The first-order chi connectivity index (χ1) is 13.8. The van der Waals surface area contributed by atoms with Crippen LogP contribution < -0.4 is 0 Å². The van der Waals surface area contributed by atoms with Crippen LogP contribution in [0.25, 0.3) is 11.5 Å². The molecular weight excluding hydrogens is 396 g/mol. The highest BCUT2D eigenvalue weighted by atomic mass is 32.2. The van der Waals surface area contributed by atoms with Crippen LogP contribution in [0.2, 0.25) is 0 Å². The van der Waals surface area contributed by atoms with Crippen molar-refractivity contribution in [1.29, 1.82) is 0 Å². The second kappa shape index (κ2) is 7.21. The second-order valence-corrected chi connectivity index (χ2v) is 8.89. The molecule has 148 valence electrons. The molecule has 29 heavy (non-hydrogen) atoms.